The highest BCUT2D eigenvalue weighted by molar-refractivity contribution is 7.91. The molecule has 1 aromatic heterocycles. The third-order valence-corrected chi connectivity index (χ3v) is 8.64. The molecule has 8 nitrogen and oxygen atoms in total. The number of likely N-dealkylation sites (tertiary alicyclic amines) is 1. The molecule has 6 atom stereocenters. The molecule has 2 saturated carbocycles. The summed E-state index contributed by atoms with van der Waals surface area (Å²) in [6.45, 7) is 1.99. The number of rotatable bonds is 5. The number of carbonyl (C=O) groups excluding carboxylic acids is 1. The molecule has 0 radical (unpaired) electrons. The van der Waals surface area contributed by atoms with Gasteiger partial charge >= 0.3 is 6.09 Å². The zero-order valence-corrected chi connectivity index (χ0v) is 18.3. The Morgan fingerprint density at radius 2 is 2.03 bits per heavy atom. The zero-order chi connectivity index (χ0) is 21.7. The van der Waals surface area contributed by atoms with Crippen LogP contribution in [0.4, 0.5) is 9.18 Å². The topological polar surface area (TPSA) is 98.7 Å². The van der Waals surface area contributed by atoms with Crippen molar-refractivity contribution in [2.75, 3.05) is 20.0 Å². The summed E-state index contributed by atoms with van der Waals surface area (Å²) in [5.74, 6) is 0.642. The molecule has 30 heavy (non-hydrogen) atoms. The van der Waals surface area contributed by atoms with E-state index in [1.807, 2.05) is 6.92 Å². The number of sulfone groups is 1. The number of aromatic nitrogens is 2. The summed E-state index contributed by atoms with van der Waals surface area (Å²) in [5.41, 5.74) is -0.0806. The number of nitrogens with zero attached hydrogens (tertiary/aromatic N) is 3. The zero-order valence-electron chi connectivity index (χ0n) is 17.5. The lowest BCUT2D eigenvalue weighted by molar-refractivity contribution is -0.00703. The largest absolute Gasteiger partial charge is 0.453 e. The lowest BCUT2D eigenvalue weighted by Gasteiger charge is -2.32. The Balaban J connectivity index is 1.40. The van der Waals surface area contributed by atoms with Crippen molar-refractivity contribution in [2.45, 2.75) is 67.9 Å². The molecule has 0 bridgehead atoms. The van der Waals surface area contributed by atoms with Crippen LogP contribution in [-0.4, -0.2) is 72.8 Å². The Labute approximate surface area is 176 Å². The summed E-state index contributed by atoms with van der Waals surface area (Å²) in [7, 11) is -2.04. The fourth-order valence-corrected chi connectivity index (χ4v) is 6.78. The first-order valence-corrected chi connectivity index (χ1v) is 12.3. The van der Waals surface area contributed by atoms with Gasteiger partial charge in [-0.15, -0.1) is 0 Å². The van der Waals surface area contributed by atoms with Crippen molar-refractivity contribution >= 4 is 15.9 Å². The van der Waals surface area contributed by atoms with Crippen LogP contribution in [0.2, 0.25) is 0 Å². The summed E-state index contributed by atoms with van der Waals surface area (Å²) in [6.07, 6.45) is 6.89. The number of halogens is 1. The number of hydrogen-bond acceptors (Lipinski definition) is 7. The summed E-state index contributed by atoms with van der Waals surface area (Å²) in [6, 6.07) is -0.794. The molecule has 0 spiro atoms. The van der Waals surface area contributed by atoms with Crippen LogP contribution in [0.25, 0.3) is 0 Å². The Kier molecular flexibility index (Phi) is 5.50. The lowest BCUT2D eigenvalue weighted by atomic mass is 9.86. The van der Waals surface area contributed by atoms with Gasteiger partial charge in [-0.05, 0) is 44.9 Å². The number of fused-ring (bicyclic) bond motifs is 1. The van der Waals surface area contributed by atoms with Crippen molar-refractivity contribution < 1.29 is 27.1 Å². The second kappa shape index (κ2) is 7.71. The van der Waals surface area contributed by atoms with E-state index in [4.69, 9.17) is 9.47 Å². The summed E-state index contributed by atoms with van der Waals surface area (Å²) in [5, 5.41) is -0.664. The van der Waals surface area contributed by atoms with Crippen molar-refractivity contribution in [3.05, 3.63) is 24.0 Å². The number of carbonyl (C=O) groups is 1. The second-order valence-corrected chi connectivity index (χ2v) is 11.2. The molecule has 3 fully saturated rings. The minimum atomic E-state index is -3.34. The molecule has 2 aliphatic carbocycles. The van der Waals surface area contributed by atoms with Crippen molar-refractivity contribution in [3.8, 4) is 0 Å². The van der Waals surface area contributed by atoms with Gasteiger partial charge in [0.05, 0.1) is 43.5 Å². The van der Waals surface area contributed by atoms with Crippen molar-refractivity contribution in [2.24, 2.45) is 5.92 Å². The molecular formula is C20H28FN3O5S. The van der Waals surface area contributed by atoms with Gasteiger partial charge in [-0.25, -0.2) is 27.6 Å². The summed E-state index contributed by atoms with van der Waals surface area (Å²) >= 11 is 0. The minimum absolute atomic E-state index is 0.0123. The Hall–Kier alpha value is -1.81. The Bertz CT molecular complexity index is 912. The van der Waals surface area contributed by atoms with E-state index in [0.29, 0.717) is 18.2 Å². The van der Waals surface area contributed by atoms with Gasteiger partial charge in [-0.3, -0.25) is 4.90 Å². The lowest BCUT2D eigenvalue weighted by Crippen LogP contribution is -2.47. The van der Waals surface area contributed by atoms with E-state index >= 15 is 0 Å². The van der Waals surface area contributed by atoms with Crippen LogP contribution in [-0.2, 0) is 24.7 Å². The van der Waals surface area contributed by atoms with E-state index in [-0.39, 0.29) is 24.2 Å². The Morgan fingerprint density at radius 1 is 1.33 bits per heavy atom. The van der Waals surface area contributed by atoms with E-state index in [1.54, 1.807) is 0 Å². The van der Waals surface area contributed by atoms with Gasteiger partial charge in [0.25, 0.3) is 0 Å². The second-order valence-electron chi connectivity index (χ2n) is 8.91. The normalized spacial score (nSPS) is 35.7. The van der Waals surface area contributed by atoms with E-state index in [9.17, 15) is 17.6 Å². The molecule has 1 aliphatic heterocycles. The molecule has 3 unspecified atom stereocenters. The molecule has 2 heterocycles. The van der Waals surface area contributed by atoms with Gasteiger partial charge in [0, 0.05) is 17.7 Å². The number of ether oxygens (including phenoxy) is 2. The van der Waals surface area contributed by atoms with E-state index in [0.717, 1.165) is 25.7 Å². The predicted octanol–water partition coefficient (Wildman–Crippen LogP) is 2.08. The number of methoxy groups -OCH3 is 1. The van der Waals surface area contributed by atoms with Gasteiger partial charge in [-0.1, -0.05) is 0 Å². The average molecular weight is 442 g/mol. The first-order valence-electron chi connectivity index (χ1n) is 10.3. The van der Waals surface area contributed by atoms with Crippen LogP contribution in [0, 0.1) is 11.7 Å². The van der Waals surface area contributed by atoms with E-state index in [2.05, 4.69) is 9.97 Å². The third-order valence-electron chi connectivity index (χ3n) is 7.03. The predicted molar refractivity (Wildman–Crippen MR) is 106 cm³/mol. The molecule has 1 saturated heterocycles. The molecule has 1 amide bonds. The van der Waals surface area contributed by atoms with Crippen LogP contribution in [0.5, 0.6) is 0 Å². The summed E-state index contributed by atoms with van der Waals surface area (Å²) < 4.78 is 48.8. The highest BCUT2D eigenvalue weighted by Gasteiger charge is 2.60. The maximum absolute atomic E-state index is 13.1. The van der Waals surface area contributed by atoms with Gasteiger partial charge in [0.1, 0.15) is 5.82 Å². The van der Waals surface area contributed by atoms with E-state index in [1.165, 1.54) is 30.7 Å². The van der Waals surface area contributed by atoms with Crippen molar-refractivity contribution in [1.82, 2.24) is 14.9 Å². The SMILES string of the molecule is COC(=O)N1[C@H](C)C[C@H](S(C)(=O)=O)[C@H]1COC1CCC2(c3ncc(F)cn3)CC2C1. The van der Waals surface area contributed by atoms with Gasteiger partial charge < -0.3 is 9.47 Å². The molecule has 3 aliphatic rings. The highest BCUT2D eigenvalue weighted by atomic mass is 32.2. The van der Waals surface area contributed by atoms with Crippen molar-refractivity contribution in [1.29, 1.82) is 0 Å². The Morgan fingerprint density at radius 3 is 2.63 bits per heavy atom. The van der Waals surface area contributed by atoms with Crippen LogP contribution in [0.15, 0.2) is 12.4 Å². The molecule has 0 N–H and O–H groups in total. The van der Waals surface area contributed by atoms with Gasteiger partial charge in [0.2, 0.25) is 0 Å². The first kappa shape index (κ1) is 21.4. The fourth-order valence-electron chi connectivity index (χ4n) is 5.37. The minimum Gasteiger partial charge on any atom is -0.453 e. The van der Waals surface area contributed by atoms with E-state index < -0.39 is 33.0 Å². The summed E-state index contributed by atoms with van der Waals surface area (Å²) in [4.78, 5) is 22.1. The molecule has 166 valence electrons. The molecule has 0 aromatic carbocycles. The standard InChI is InChI=1S/C20H28FN3O5S/c1-12-6-17(30(3,26)27)16(24(12)19(25)28-2)11-29-15-4-5-20(8-13(20)7-15)18-22-9-14(21)10-23-18/h9-10,12-13,15-17H,4-8,11H2,1-3H3/t12-,13?,15?,16-,17+,20?/m1/s1. The third kappa shape index (κ3) is 3.79. The smallest absolute Gasteiger partial charge is 0.410 e. The molecule has 4 rings (SSSR count). The van der Waals surface area contributed by atoms with Gasteiger partial charge in [0.15, 0.2) is 15.7 Å². The fraction of sp³-hybridized carbons (Fsp3) is 0.750. The quantitative estimate of drug-likeness (QED) is 0.690. The van der Waals surface area contributed by atoms with Crippen LogP contribution < -0.4 is 0 Å². The maximum Gasteiger partial charge on any atom is 0.410 e. The number of hydrogen-bond donors (Lipinski definition) is 0. The molecule has 10 heteroatoms. The van der Waals surface area contributed by atoms with Crippen LogP contribution >= 0.6 is 0 Å². The van der Waals surface area contributed by atoms with Gasteiger partial charge in [-0.2, -0.15) is 0 Å². The first-order chi connectivity index (χ1) is 14.2. The average Bonchev–Trinajstić information content (AvgIpc) is 3.33. The van der Waals surface area contributed by atoms with Crippen LogP contribution in [0.3, 0.4) is 0 Å². The van der Waals surface area contributed by atoms with Crippen LogP contribution in [0.1, 0.15) is 44.9 Å². The van der Waals surface area contributed by atoms with Crippen molar-refractivity contribution in [3.63, 3.8) is 0 Å². The number of amides is 1. The monoisotopic (exact) mass is 441 g/mol. The highest BCUT2D eigenvalue weighted by Crippen LogP contribution is 2.61. The molecule has 1 aromatic rings. The maximum atomic E-state index is 13.1. The molecular weight excluding hydrogens is 413 g/mol.